The highest BCUT2D eigenvalue weighted by Gasteiger charge is 2.52. The van der Waals surface area contributed by atoms with E-state index in [9.17, 15) is 13.2 Å². The highest BCUT2D eigenvalue weighted by molar-refractivity contribution is 7.91. The molecule has 4 atom stereocenters. The number of aromatic nitrogens is 3. The Labute approximate surface area is 208 Å². The van der Waals surface area contributed by atoms with E-state index >= 15 is 4.39 Å². The Morgan fingerprint density at radius 3 is 2.57 bits per heavy atom. The fourth-order valence-electron chi connectivity index (χ4n) is 5.60. The molecule has 2 aromatic heterocycles. The number of hydrogen-bond acceptors (Lipinski definition) is 8. The van der Waals surface area contributed by atoms with Crippen LogP contribution in [0.4, 0.5) is 15.0 Å². The van der Waals surface area contributed by atoms with E-state index in [4.69, 9.17) is 16.3 Å². The third-order valence-electron chi connectivity index (χ3n) is 7.13. The predicted octanol–water partition coefficient (Wildman–Crippen LogP) is 4.07. The van der Waals surface area contributed by atoms with Gasteiger partial charge in [-0.3, -0.25) is 4.90 Å². The van der Waals surface area contributed by atoms with Crippen LogP contribution in [0.25, 0.3) is 10.9 Å². The zero-order valence-corrected chi connectivity index (χ0v) is 22.0. The summed E-state index contributed by atoms with van der Waals surface area (Å²) in [6.45, 7) is 9.40. The van der Waals surface area contributed by atoms with Crippen LogP contribution in [0.3, 0.4) is 0 Å². The molecule has 2 aromatic rings. The lowest BCUT2D eigenvalue weighted by Crippen LogP contribution is -2.62. The number of fused-ring (bicyclic) bond motifs is 5. The maximum atomic E-state index is 15.2. The van der Waals surface area contributed by atoms with E-state index in [1.807, 2.05) is 37.5 Å². The molecule has 0 aromatic carbocycles. The molecule has 0 N–H and O–H groups in total. The van der Waals surface area contributed by atoms with Crippen LogP contribution in [0.5, 0.6) is 0 Å². The van der Waals surface area contributed by atoms with Crippen LogP contribution in [-0.4, -0.2) is 70.4 Å². The number of carbonyl (C=O) groups excluding carboxylic acids is 1. The van der Waals surface area contributed by atoms with Crippen LogP contribution in [0.1, 0.15) is 65.5 Å². The second-order valence-corrected chi connectivity index (χ2v) is 13.1. The van der Waals surface area contributed by atoms with E-state index in [0.29, 0.717) is 29.9 Å². The summed E-state index contributed by atoms with van der Waals surface area (Å²) in [5, 5.41) is -0.382. The number of halogens is 2. The molecule has 12 heteroatoms. The van der Waals surface area contributed by atoms with Crippen LogP contribution in [0, 0.1) is 5.82 Å². The van der Waals surface area contributed by atoms with Gasteiger partial charge in [-0.25, -0.2) is 32.6 Å². The number of ether oxygens (including phenoxy) is 1. The van der Waals surface area contributed by atoms with Gasteiger partial charge in [-0.05, 0) is 40.0 Å². The van der Waals surface area contributed by atoms with Gasteiger partial charge in [0, 0.05) is 12.5 Å². The van der Waals surface area contributed by atoms with Gasteiger partial charge in [0.25, 0.3) is 0 Å². The van der Waals surface area contributed by atoms with Gasteiger partial charge in [0.05, 0.1) is 35.0 Å². The zero-order valence-electron chi connectivity index (χ0n) is 20.4. The largest absolute Gasteiger partial charge is 0.444 e. The molecule has 2 bridgehead atoms. The summed E-state index contributed by atoms with van der Waals surface area (Å²) in [5.41, 5.74) is -0.219. The summed E-state index contributed by atoms with van der Waals surface area (Å²) in [6, 6.07) is -0.469. The molecule has 3 aliphatic rings. The molecule has 35 heavy (non-hydrogen) atoms. The summed E-state index contributed by atoms with van der Waals surface area (Å²) in [5.74, 6) is -0.889. The minimum absolute atomic E-state index is 0.133. The molecule has 9 nitrogen and oxygen atoms in total. The second kappa shape index (κ2) is 8.12. The van der Waals surface area contributed by atoms with Crippen LogP contribution in [0.2, 0.25) is 5.15 Å². The van der Waals surface area contributed by atoms with Crippen molar-refractivity contribution in [3.8, 4) is 0 Å². The number of piperazine rings is 1. The smallest absolute Gasteiger partial charge is 0.410 e. The van der Waals surface area contributed by atoms with Crippen LogP contribution >= 0.6 is 11.6 Å². The molecule has 2 saturated heterocycles. The molecule has 0 radical (unpaired) electrons. The van der Waals surface area contributed by atoms with Gasteiger partial charge in [-0.2, -0.15) is 0 Å². The third kappa shape index (κ3) is 3.91. The highest BCUT2D eigenvalue weighted by Crippen LogP contribution is 2.46. The molecule has 0 saturated carbocycles. The standard InChI is InChI=1S/C23H29ClFN5O4S/c1-6-35(32,33)21-27-18-15-17(26-19(24)16(18)25)11(2)9-14-13-8-7-12(10-29(14)20(15)28-21)30(13)22(31)34-23(3,4)5/h11-14H,6-10H2,1-5H3/t11-,12-,13+,14-/m1/s1. The fraction of sp³-hybridized carbons (Fsp3) is 0.652. The van der Waals surface area contributed by atoms with E-state index in [-0.39, 0.29) is 46.6 Å². The van der Waals surface area contributed by atoms with Gasteiger partial charge >= 0.3 is 6.09 Å². The topological polar surface area (TPSA) is 106 Å². The number of hydrogen-bond donors (Lipinski definition) is 0. The van der Waals surface area contributed by atoms with E-state index in [1.165, 1.54) is 6.92 Å². The fourth-order valence-corrected chi connectivity index (χ4v) is 6.50. The molecule has 2 fully saturated rings. The monoisotopic (exact) mass is 525 g/mol. The van der Waals surface area contributed by atoms with Crippen molar-refractivity contribution >= 4 is 44.3 Å². The maximum Gasteiger partial charge on any atom is 0.410 e. The Morgan fingerprint density at radius 2 is 1.91 bits per heavy atom. The Balaban J connectivity index is 1.69. The summed E-state index contributed by atoms with van der Waals surface area (Å²) in [4.78, 5) is 30.0. The van der Waals surface area contributed by atoms with E-state index in [0.717, 1.165) is 12.8 Å². The molecule has 190 valence electrons. The van der Waals surface area contributed by atoms with Gasteiger partial charge < -0.3 is 9.64 Å². The second-order valence-electron chi connectivity index (χ2n) is 10.6. The van der Waals surface area contributed by atoms with Crippen LogP contribution in [-0.2, 0) is 14.6 Å². The molecule has 0 aliphatic carbocycles. The third-order valence-corrected chi connectivity index (χ3v) is 8.88. The van der Waals surface area contributed by atoms with Gasteiger partial charge in [0.1, 0.15) is 16.9 Å². The van der Waals surface area contributed by atoms with Gasteiger partial charge in [-0.1, -0.05) is 25.4 Å². The highest BCUT2D eigenvalue weighted by atomic mass is 35.5. The maximum absolute atomic E-state index is 15.2. The van der Waals surface area contributed by atoms with Gasteiger partial charge in [0.2, 0.25) is 15.0 Å². The van der Waals surface area contributed by atoms with Crippen molar-refractivity contribution in [3.63, 3.8) is 0 Å². The number of sulfone groups is 1. The van der Waals surface area contributed by atoms with E-state index in [2.05, 4.69) is 15.0 Å². The van der Waals surface area contributed by atoms with Crippen LogP contribution in [0.15, 0.2) is 5.16 Å². The lowest BCUT2D eigenvalue weighted by atomic mass is 9.92. The van der Waals surface area contributed by atoms with Crippen molar-refractivity contribution in [2.24, 2.45) is 0 Å². The quantitative estimate of drug-likeness (QED) is 0.426. The van der Waals surface area contributed by atoms with Gasteiger partial charge in [-0.15, -0.1) is 0 Å². The molecule has 3 aliphatic heterocycles. The zero-order chi connectivity index (χ0) is 25.4. The Hall–Kier alpha value is -2.27. The van der Waals surface area contributed by atoms with Crippen molar-refractivity contribution < 1.29 is 22.3 Å². The van der Waals surface area contributed by atoms with Gasteiger partial charge in [0.15, 0.2) is 11.0 Å². The molecule has 1 amide bonds. The van der Waals surface area contributed by atoms with Crippen molar-refractivity contribution in [2.75, 3.05) is 17.2 Å². The summed E-state index contributed by atoms with van der Waals surface area (Å²) < 4.78 is 46.4. The number of nitrogens with zero attached hydrogens (tertiary/aromatic N) is 5. The minimum Gasteiger partial charge on any atom is -0.444 e. The Kier molecular flexibility index (Phi) is 5.67. The van der Waals surface area contributed by atoms with Crippen molar-refractivity contribution in [3.05, 3.63) is 16.7 Å². The predicted molar refractivity (Wildman–Crippen MR) is 129 cm³/mol. The Bertz CT molecular complexity index is 1330. The van der Waals surface area contributed by atoms with Crippen molar-refractivity contribution in [1.82, 2.24) is 19.9 Å². The first kappa shape index (κ1) is 24.4. The van der Waals surface area contributed by atoms with Crippen molar-refractivity contribution in [1.29, 1.82) is 0 Å². The van der Waals surface area contributed by atoms with E-state index in [1.54, 1.807) is 0 Å². The summed E-state index contributed by atoms with van der Waals surface area (Å²) in [6.07, 6.45) is 1.82. The number of rotatable bonds is 2. The molecular formula is C23H29ClFN5O4S. The average molecular weight is 526 g/mol. The lowest BCUT2D eigenvalue weighted by molar-refractivity contribution is 0.00693. The lowest BCUT2D eigenvalue weighted by Gasteiger charge is -2.47. The molecular weight excluding hydrogens is 497 g/mol. The van der Waals surface area contributed by atoms with Crippen molar-refractivity contribution in [2.45, 2.75) is 88.7 Å². The first-order chi connectivity index (χ1) is 16.3. The minimum atomic E-state index is -3.82. The van der Waals surface area contributed by atoms with E-state index < -0.39 is 26.4 Å². The number of anilines is 1. The number of pyridine rings is 1. The SMILES string of the molecule is CCS(=O)(=O)c1nc2c3c(nc(Cl)c(F)c3n1)[C@H](C)C[C@@H]1[C@@H]3CC[C@H](CN21)N3C(=O)OC(C)(C)C. The molecule has 5 rings (SSSR count). The number of carbonyl (C=O) groups is 1. The number of amides is 1. The average Bonchev–Trinajstić information content (AvgIpc) is 3.06. The molecule has 0 spiro atoms. The first-order valence-corrected chi connectivity index (χ1v) is 13.9. The Morgan fingerprint density at radius 1 is 1.20 bits per heavy atom. The normalized spacial score (nSPS) is 26.0. The molecule has 0 unspecified atom stereocenters. The molecule has 5 heterocycles. The summed E-state index contributed by atoms with van der Waals surface area (Å²) in [7, 11) is -3.82. The van der Waals surface area contributed by atoms with Crippen LogP contribution < -0.4 is 4.90 Å². The summed E-state index contributed by atoms with van der Waals surface area (Å²) >= 11 is 6.13. The first-order valence-electron chi connectivity index (χ1n) is 11.9.